The van der Waals surface area contributed by atoms with Crippen molar-refractivity contribution in [1.82, 2.24) is 5.32 Å². The van der Waals surface area contributed by atoms with Crippen molar-refractivity contribution in [3.8, 4) is 6.07 Å². The first kappa shape index (κ1) is 14.2. The van der Waals surface area contributed by atoms with Gasteiger partial charge in [0.25, 0.3) is 0 Å². The molecule has 1 aliphatic heterocycles. The van der Waals surface area contributed by atoms with Crippen molar-refractivity contribution < 1.29 is 4.79 Å². The molecule has 0 unspecified atom stereocenters. The minimum absolute atomic E-state index is 0.00880. The summed E-state index contributed by atoms with van der Waals surface area (Å²) in [6.07, 6.45) is 4.23. The lowest BCUT2D eigenvalue weighted by Gasteiger charge is -2.38. The fourth-order valence-corrected chi connectivity index (χ4v) is 3.69. The summed E-state index contributed by atoms with van der Waals surface area (Å²) < 4.78 is 0. The fourth-order valence-electron chi connectivity index (χ4n) is 3.06. The van der Waals surface area contributed by atoms with Crippen LogP contribution in [-0.2, 0) is 4.79 Å². The lowest BCUT2D eigenvalue weighted by atomic mass is 9.70. The van der Waals surface area contributed by atoms with Gasteiger partial charge in [0.1, 0.15) is 0 Å². The number of dihydropyridines is 1. The van der Waals surface area contributed by atoms with Crippen LogP contribution in [0.3, 0.4) is 0 Å². The first-order valence-corrected chi connectivity index (χ1v) is 7.87. The molecule has 0 aromatic carbocycles. The number of hydrogen-bond acceptors (Lipinski definition) is 4. The molecule has 19 heavy (non-hydrogen) atoms. The van der Waals surface area contributed by atoms with E-state index in [2.05, 4.69) is 25.2 Å². The highest BCUT2D eigenvalue weighted by Crippen LogP contribution is 2.44. The lowest BCUT2D eigenvalue weighted by molar-refractivity contribution is -0.118. The third-order valence-electron chi connectivity index (χ3n) is 3.86. The first-order chi connectivity index (χ1) is 8.93. The Hall–Kier alpha value is -1.21. The monoisotopic (exact) mass is 276 g/mol. The second-order valence-corrected chi connectivity index (χ2v) is 6.79. The molecule has 4 heteroatoms. The number of ketones is 1. The molecular formula is C15H20N2OS. The van der Waals surface area contributed by atoms with Gasteiger partial charge in [0.05, 0.1) is 16.7 Å². The van der Waals surface area contributed by atoms with E-state index < -0.39 is 0 Å². The number of rotatable bonds is 2. The van der Waals surface area contributed by atoms with Crippen molar-refractivity contribution in [3.63, 3.8) is 0 Å². The van der Waals surface area contributed by atoms with Crippen LogP contribution in [0.5, 0.6) is 0 Å². The molecule has 0 radical (unpaired) electrons. The Labute approximate surface area is 119 Å². The average Bonchev–Trinajstić information content (AvgIpc) is 2.34. The molecule has 0 aromatic heterocycles. The number of hydrogen-bond donors (Lipinski definition) is 1. The second-order valence-electron chi connectivity index (χ2n) is 5.98. The van der Waals surface area contributed by atoms with Gasteiger partial charge < -0.3 is 5.32 Å². The summed E-state index contributed by atoms with van der Waals surface area (Å²) in [5.74, 6) is 0.186. The number of nitrogens with zero attached hydrogens (tertiary/aromatic N) is 1. The molecule has 2 rings (SSSR count). The van der Waals surface area contributed by atoms with E-state index in [1.54, 1.807) is 11.8 Å². The highest BCUT2D eigenvalue weighted by atomic mass is 32.2. The molecule has 0 saturated heterocycles. The van der Waals surface area contributed by atoms with Crippen molar-refractivity contribution in [2.45, 2.75) is 40.0 Å². The number of carbonyl (C=O) groups is 1. The van der Waals surface area contributed by atoms with Crippen LogP contribution in [0.1, 0.15) is 40.0 Å². The summed E-state index contributed by atoms with van der Waals surface area (Å²) in [5, 5.41) is 13.6. The standard InChI is InChI=1S/C15H20N2OS/c1-5-9-10(8-16)14(19-4)17-11-6-15(2,3)7-12(18)13(9)11/h9,17H,5-7H2,1-4H3/t9-/m1/s1. The maximum Gasteiger partial charge on any atom is 0.161 e. The predicted molar refractivity (Wildman–Crippen MR) is 78.1 cm³/mol. The lowest BCUT2D eigenvalue weighted by Crippen LogP contribution is -2.37. The Morgan fingerprint density at radius 2 is 2.16 bits per heavy atom. The van der Waals surface area contributed by atoms with Gasteiger partial charge in [0.2, 0.25) is 0 Å². The van der Waals surface area contributed by atoms with Crippen LogP contribution >= 0.6 is 11.8 Å². The molecule has 0 amide bonds. The highest BCUT2D eigenvalue weighted by molar-refractivity contribution is 8.02. The number of thioether (sulfide) groups is 1. The number of nitrogens with one attached hydrogen (secondary N) is 1. The Bertz CT molecular complexity index is 523. The molecule has 0 saturated carbocycles. The van der Waals surface area contributed by atoms with Crippen LogP contribution in [0.2, 0.25) is 0 Å². The van der Waals surface area contributed by atoms with E-state index in [4.69, 9.17) is 0 Å². The van der Waals surface area contributed by atoms with E-state index in [0.717, 1.165) is 34.7 Å². The van der Waals surface area contributed by atoms with Crippen LogP contribution in [0.15, 0.2) is 21.9 Å². The van der Waals surface area contributed by atoms with Gasteiger partial charge in [0, 0.05) is 23.6 Å². The third-order valence-corrected chi connectivity index (χ3v) is 4.59. The molecule has 1 atom stereocenters. The van der Waals surface area contributed by atoms with Crippen molar-refractivity contribution in [2.24, 2.45) is 11.3 Å². The zero-order chi connectivity index (χ0) is 14.2. The van der Waals surface area contributed by atoms with E-state index in [9.17, 15) is 10.1 Å². The summed E-state index contributed by atoms with van der Waals surface area (Å²) in [7, 11) is 0. The maximum absolute atomic E-state index is 12.4. The molecule has 1 N–H and O–H groups in total. The van der Waals surface area contributed by atoms with Gasteiger partial charge >= 0.3 is 0 Å². The number of carbonyl (C=O) groups excluding carboxylic acids is 1. The molecule has 0 spiro atoms. The van der Waals surface area contributed by atoms with Crippen molar-refractivity contribution >= 4 is 17.5 Å². The molecule has 3 nitrogen and oxygen atoms in total. The van der Waals surface area contributed by atoms with Gasteiger partial charge in [-0.05, 0) is 24.5 Å². The Kier molecular flexibility index (Phi) is 3.78. The van der Waals surface area contributed by atoms with Crippen LogP contribution < -0.4 is 5.32 Å². The molecular weight excluding hydrogens is 256 g/mol. The molecule has 0 bridgehead atoms. The van der Waals surface area contributed by atoms with E-state index in [1.165, 1.54) is 0 Å². The molecule has 0 fully saturated rings. The predicted octanol–water partition coefficient (Wildman–Crippen LogP) is 3.36. The summed E-state index contributed by atoms with van der Waals surface area (Å²) in [4.78, 5) is 12.4. The van der Waals surface area contributed by atoms with Gasteiger partial charge in [-0.1, -0.05) is 20.8 Å². The van der Waals surface area contributed by atoms with Gasteiger partial charge in [-0.15, -0.1) is 11.8 Å². The van der Waals surface area contributed by atoms with E-state index in [0.29, 0.717) is 6.42 Å². The van der Waals surface area contributed by atoms with Crippen molar-refractivity contribution in [1.29, 1.82) is 5.26 Å². The molecule has 1 heterocycles. The van der Waals surface area contributed by atoms with Crippen LogP contribution in [-0.4, -0.2) is 12.0 Å². The SMILES string of the molecule is CC[C@@H]1C(C#N)=C(SC)NC2=C1C(=O)CC(C)(C)C2. The highest BCUT2D eigenvalue weighted by Gasteiger charge is 2.40. The average molecular weight is 276 g/mol. The number of nitriles is 1. The van der Waals surface area contributed by atoms with Gasteiger partial charge in [-0.25, -0.2) is 0 Å². The largest absolute Gasteiger partial charge is 0.352 e. The summed E-state index contributed by atoms with van der Waals surface area (Å²) >= 11 is 1.56. The second kappa shape index (κ2) is 5.05. The third kappa shape index (κ3) is 2.44. The first-order valence-electron chi connectivity index (χ1n) is 6.65. The smallest absolute Gasteiger partial charge is 0.161 e. The van der Waals surface area contributed by atoms with E-state index >= 15 is 0 Å². The van der Waals surface area contributed by atoms with E-state index in [1.807, 2.05) is 13.2 Å². The molecule has 1 aliphatic carbocycles. The van der Waals surface area contributed by atoms with Crippen molar-refractivity contribution in [2.75, 3.05) is 6.26 Å². The minimum Gasteiger partial charge on any atom is -0.352 e. The molecule has 2 aliphatic rings. The summed E-state index contributed by atoms with van der Waals surface area (Å²) in [6.45, 7) is 6.29. The van der Waals surface area contributed by atoms with Gasteiger partial charge in [-0.3, -0.25) is 4.79 Å². The quantitative estimate of drug-likeness (QED) is 0.840. The van der Waals surface area contributed by atoms with Crippen molar-refractivity contribution in [3.05, 3.63) is 21.9 Å². The number of Topliss-reactive ketones (excluding diaryl/α,β-unsaturated/α-hetero) is 1. The Morgan fingerprint density at radius 1 is 1.47 bits per heavy atom. The normalized spacial score (nSPS) is 25.8. The summed E-state index contributed by atoms with van der Waals surface area (Å²) in [6, 6.07) is 2.29. The Balaban J connectivity index is 2.50. The fraction of sp³-hybridized carbons (Fsp3) is 0.600. The Morgan fingerprint density at radius 3 is 2.68 bits per heavy atom. The molecule has 102 valence electrons. The van der Waals surface area contributed by atoms with Crippen LogP contribution in [0.25, 0.3) is 0 Å². The number of allylic oxidation sites excluding steroid dienone is 3. The zero-order valence-corrected chi connectivity index (χ0v) is 12.8. The van der Waals surface area contributed by atoms with Crippen LogP contribution in [0, 0.1) is 22.7 Å². The van der Waals surface area contributed by atoms with E-state index in [-0.39, 0.29) is 17.1 Å². The van der Waals surface area contributed by atoms with Gasteiger partial charge in [-0.2, -0.15) is 5.26 Å². The zero-order valence-electron chi connectivity index (χ0n) is 12.0. The maximum atomic E-state index is 12.4. The summed E-state index contributed by atoms with van der Waals surface area (Å²) in [5.41, 5.74) is 2.63. The minimum atomic E-state index is -0.0210. The van der Waals surface area contributed by atoms with Crippen LogP contribution in [0.4, 0.5) is 0 Å². The topological polar surface area (TPSA) is 52.9 Å². The molecule has 0 aromatic rings. The van der Waals surface area contributed by atoms with Gasteiger partial charge in [0.15, 0.2) is 5.78 Å².